The van der Waals surface area contributed by atoms with Crippen LogP contribution in [0.1, 0.15) is 10.4 Å². The molecule has 2 rings (SSSR count). The molecule has 0 aliphatic carbocycles. The molecule has 0 atom stereocenters. The van der Waals surface area contributed by atoms with Gasteiger partial charge in [-0.25, -0.2) is 8.78 Å². The molecule has 0 unspecified atom stereocenters. The fourth-order valence-electron chi connectivity index (χ4n) is 1.43. The smallest absolute Gasteiger partial charge is 0.257 e. The molecule has 0 aliphatic heterocycles. The Kier molecular flexibility index (Phi) is 3.28. The van der Waals surface area contributed by atoms with E-state index in [1.54, 1.807) is 0 Å². The lowest BCUT2D eigenvalue weighted by molar-refractivity contribution is 0.102. The van der Waals surface area contributed by atoms with Crippen molar-refractivity contribution in [3.63, 3.8) is 0 Å². The van der Waals surface area contributed by atoms with Crippen LogP contribution in [0.4, 0.5) is 20.2 Å². The normalized spacial score (nSPS) is 10.2. The number of hydrogen-bond donors (Lipinski definition) is 3. The van der Waals surface area contributed by atoms with E-state index in [-0.39, 0.29) is 16.8 Å². The van der Waals surface area contributed by atoms with E-state index in [9.17, 15) is 18.4 Å². The average molecular weight is 265 g/mol. The van der Waals surface area contributed by atoms with Gasteiger partial charge in [0.15, 0.2) is 11.6 Å². The third-order valence-corrected chi connectivity index (χ3v) is 2.41. The Hall–Kier alpha value is -2.70. The third kappa shape index (κ3) is 2.59. The summed E-state index contributed by atoms with van der Waals surface area (Å²) in [6.07, 6.45) is 1.16. The quantitative estimate of drug-likeness (QED) is 0.719. The van der Waals surface area contributed by atoms with Gasteiger partial charge in [-0.2, -0.15) is 0 Å². The van der Waals surface area contributed by atoms with E-state index < -0.39 is 23.2 Å². The summed E-state index contributed by atoms with van der Waals surface area (Å²) in [7, 11) is 0. The van der Waals surface area contributed by atoms with Crippen molar-refractivity contribution in [3.8, 4) is 0 Å². The molecule has 5 nitrogen and oxygen atoms in total. The van der Waals surface area contributed by atoms with Crippen molar-refractivity contribution >= 4 is 17.3 Å². The summed E-state index contributed by atoms with van der Waals surface area (Å²) in [5.41, 5.74) is 4.63. The van der Waals surface area contributed by atoms with Crippen LogP contribution in [-0.2, 0) is 0 Å². The van der Waals surface area contributed by atoms with Crippen LogP contribution in [0.2, 0.25) is 0 Å². The Morgan fingerprint density at radius 2 is 1.95 bits per heavy atom. The second-order valence-corrected chi connectivity index (χ2v) is 3.72. The van der Waals surface area contributed by atoms with E-state index in [4.69, 9.17) is 5.73 Å². The van der Waals surface area contributed by atoms with Crippen LogP contribution in [0.5, 0.6) is 0 Å². The first-order valence-electron chi connectivity index (χ1n) is 5.22. The maximum Gasteiger partial charge on any atom is 0.257 e. The van der Waals surface area contributed by atoms with Gasteiger partial charge in [-0.15, -0.1) is 0 Å². The second-order valence-electron chi connectivity index (χ2n) is 3.72. The van der Waals surface area contributed by atoms with E-state index in [0.717, 1.165) is 24.4 Å². The van der Waals surface area contributed by atoms with Gasteiger partial charge >= 0.3 is 0 Å². The summed E-state index contributed by atoms with van der Waals surface area (Å²) < 4.78 is 26.5. The van der Waals surface area contributed by atoms with E-state index in [0.29, 0.717) is 0 Å². The molecule has 7 heteroatoms. The molecular weight excluding hydrogens is 256 g/mol. The summed E-state index contributed by atoms with van der Waals surface area (Å²) in [4.78, 5) is 24.9. The summed E-state index contributed by atoms with van der Waals surface area (Å²) >= 11 is 0. The van der Waals surface area contributed by atoms with Crippen LogP contribution >= 0.6 is 0 Å². The van der Waals surface area contributed by atoms with Gasteiger partial charge < -0.3 is 16.0 Å². The highest BCUT2D eigenvalue weighted by molar-refractivity contribution is 6.05. The molecule has 2 aromatic rings. The standard InChI is InChI=1S/C12H9F2N3O2/c13-7-2-3-8(15)11(10(7)14)17-12(19)6-1-4-9(18)16-5-6/h1-5H,15H2,(H,16,18)(H,17,19). The van der Waals surface area contributed by atoms with Crippen molar-refractivity contribution in [3.05, 3.63) is 58.0 Å². The minimum atomic E-state index is -1.24. The zero-order valence-electron chi connectivity index (χ0n) is 9.54. The average Bonchev–Trinajstić information content (AvgIpc) is 2.40. The number of nitrogen functional groups attached to an aromatic ring is 1. The minimum Gasteiger partial charge on any atom is -0.397 e. The first-order valence-corrected chi connectivity index (χ1v) is 5.22. The number of aromatic nitrogens is 1. The van der Waals surface area contributed by atoms with E-state index >= 15 is 0 Å². The number of anilines is 2. The van der Waals surface area contributed by atoms with Crippen molar-refractivity contribution in [2.75, 3.05) is 11.1 Å². The van der Waals surface area contributed by atoms with Crippen LogP contribution in [0.15, 0.2) is 35.3 Å². The van der Waals surface area contributed by atoms with Crippen molar-refractivity contribution in [1.29, 1.82) is 0 Å². The maximum absolute atomic E-state index is 13.5. The minimum absolute atomic E-state index is 0.0858. The van der Waals surface area contributed by atoms with E-state index in [1.807, 2.05) is 0 Å². The molecule has 98 valence electrons. The number of benzene rings is 1. The van der Waals surface area contributed by atoms with Gasteiger partial charge in [0.1, 0.15) is 5.69 Å². The summed E-state index contributed by atoms with van der Waals surface area (Å²) in [5, 5.41) is 2.15. The lowest BCUT2D eigenvalue weighted by Gasteiger charge is -2.09. The van der Waals surface area contributed by atoms with Crippen LogP contribution in [0.25, 0.3) is 0 Å². The van der Waals surface area contributed by atoms with Gasteiger partial charge in [0.05, 0.1) is 11.3 Å². The third-order valence-electron chi connectivity index (χ3n) is 2.41. The number of carbonyl (C=O) groups excluding carboxylic acids is 1. The molecule has 1 heterocycles. The van der Waals surface area contributed by atoms with Gasteiger partial charge in [-0.1, -0.05) is 0 Å². The van der Waals surface area contributed by atoms with Crippen molar-refractivity contribution in [2.24, 2.45) is 0 Å². The van der Waals surface area contributed by atoms with Gasteiger partial charge in [-0.3, -0.25) is 9.59 Å². The molecule has 19 heavy (non-hydrogen) atoms. The number of halogens is 2. The molecule has 0 bridgehead atoms. The summed E-state index contributed by atoms with van der Waals surface area (Å²) in [6.45, 7) is 0. The lowest BCUT2D eigenvalue weighted by Crippen LogP contribution is -2.16. The van der Waals surface area contributed by atoms with E-state index in [1.165, 1.54) is 6.07 Å². The molecule has 0 fully saturated rings. The Balaban J connectivity index is 2.31. The highest BCUT2D eigenvalue weighted by atomic mass is 19.2. The van der Waals surface area contributed by atoms with Crippen molar-refractivity contribution < 1.29 is 13.6 Å². The number of pyridine rings is 1. The first kappa shape index (κ1) is 12.7. The topological polar surface area (TPSA) is 88.0 Å². The van der Waals surface area contributed by atoms with Crippen LogP contribution in [0.3, 0.4) is 0 Å². The highest BCUT2D eigenvalue weighted by Gasteiger charge is 2.15. The van der Waals surface area contributed by atoms with E-state index in [2.05, 4.69) is 10.3 Å². The molecule has 1 aromatic carbocycles. The zero-order valence-corrected chi connectivity index (χ0v) is 9.54. The molecule has 0 radical (unpaired) electrons. The monoisotopic (exact) mass is 265 g/mol. The highest BCUT2D eigenvalue weighted by Crippen LogP contribution is 2.24. The molecule has 0 spiro atoms. The molecular formula is C12H9F2N3O2. The fourth-order valence-corrected chi connectivity index (χ4v) is 1.43. The Morgan fingerprint density at radius 3 is 2.58 bits per heavy atom. The Bertz CT molecular complexity index is 677. The van der Waals surface area contributed by atoms with Crippen LogP contribution < -0.4 is 16.6 Å². The fraction of sp³-hybridized carbons (Fsp3) is 0. The van der Waals surface area contributed by atoms with Crippen LogP contribution in [0, 0.1) is 11.6 Å². The van der Waals surface area contributed by atoms with Gasteiger partial charge in [-0.05, 0) is 18.2 Å². The van der Waals surface area contributed by atoms with Gasteiger partial charge in [0.25, 0.3) is 5.91 Å². The lowest BCUT2D eigenvalue weighted by atomic mass is 10.2. The molecule has 1 aromatic heterocycles. The summed E-state index contributed by atoms with van der Waals surface area (Å²) in [6, 6.07) is 4.39. The number of carbonyl (C=O) groups is 1. The van der Waals surface area contributed by atoms with Crippen molar-refractivity contribution in [1.82, 2.24) is 4.98 Å². The molecule has 4 N–H and O–H groups in total. The SMILES string of the molecule is Nc1ccc(F)c(F)c1NC(=O)c1ccc(=O)[nH]c1. The largest absolute Gasteiger partial charge is 0.397 e. The number of amides is 1. The predicted molar refractivity (Wildman–Crippen MR) is 65.8 cm³/mol. The Labute approximate surface area is 106 Å². The van der Waals surface area contributed by atoms with Crippen molar-refractivity contribution in [2.45, 2.75) is 0 Å². The molecule has 1 amide bonds. The molecule has 0 saturated carbocycles. The molecule has 0 saturated heterocycles. The number of hydrogen-bond acceptors (Lipinski definition) is 3. The zero-order chi connectivity index (χ0) is 14.0. The van der Waals surface area contributed by atoms with Gasteiger partial charge in [0.2, 0.25) is 5.56 Å². The second kappa shape index (κ2) is 4.89. The number of aromatic amines is 1. The van der Waals surface area contributed by atoms with Crippen LogP contribution in [-0.4, -0.2) is 10.9 Å². The number of H-pyrrole nitrogens is 1. The van der Waals surface area contributed by atoms with Gasteiger partial charge in [0, 0.05) is 12.3 Å². The maximum atomic E-state index is 13.5. The summed E-state index contributed by atoms with van der Waals surface area (Å²) in [5.74, 6) is -3.07. The molecule has 0 aliphatic rings. The Morgan fingerprint density at radius 1 is 1.21 bits per heavy atom. The number of nitrogens with one attached hydrogen (secondary N) is 2. The number of nitrogens with two attached hydrogens (primary N) is 1. The number of rotatable bonds is 2. The first-order chi connectivity index (χ1) is 8.99. The predicted octanol–water partition coefficient (Wildman–Crippen LogP) is 1.49.